The Bertz CT molecular complexity index is 1200. The van der Waals surface area contributed by atoms with E-state index in [0.717, 1.165) is 5.52 Å². The molecule has 0 saturated carbocycles. The van der Waals surface area contributed by atoms with Crippen LogP contribution in [-0.4, -0.2) is 84.9 Å². The molecule has 1 saturated heterocycles. The number of thioether (sulfide) groups is 1. The van der Waals surface area contributed by atoms with Crippen LogP contribution in [-0.2, 0) is 31.2 Å². The third-order valence-electron chi connectivity index (χ3n) is 5.82. The minimum absolute atomic E-state index is 0.0111. The maximum atomic E-state index is 12.9. The van der Waals surface area contributed by atoms with Gasteiger partial charge in [-0.1, -0.05) is 25.6 Å². The van der Waals surface area contributed by atoms with E-state index in [1.54, 1.807) is 39.1 Å². The molecule has 178 valence electrons. The molecule has 32 heavy (non-hydrogen) atoms. The Labute approximate surface area is 194 Å². The van der Waals surface area contributed by atoms with Crippen LogP contribution < -0.4 is 0 Å². The smallest absolute Gasteiger partial charge is 0.243 e. The van der Waals surface area contributed by atoms with E-state index in [4.69, 9.17) is 0 Å². The van der Waals surface area contributed by atoms with E-state index in [1.807, 2.05) is 11.5 Å². The molecule has 0 bridgehead atoms. The molecule has 1 amide bonds. The molecule has 2 aromatic rings. The molecule has 0 spiro atoms. The van der Waals surface area contributed by atoms with Crippen molar-refractivity contribution in [3.8, 4) is 0 Å². The Morgan fingerprint density at radius 1 is 1.25 bits per heavy atom. The molecular weight excluding hydrogens is 472 g/mol. The maximum absolute atomic E-state index is 12.9. The van der Waals surface area contributed by atoms with E-state index in [0.29, 0.717) is 36.7 Å². The Morgan fingerprint density at radius 2 is 1.94 bits per heavy atom. The third kappa shape index (κ3) is 4.97. The van der Waals surface area contributed by atoms with E-state index >= 15 is 0 Å². The van der Waals surface area contributed by atoms with Crippen LogP contribution in [0.3, 0.4) is 0 Å². The first-order valence-electron chi connectivity index (χ1n) is 10.6. The first-order valence-corrected chi connectivity index (χ1v) is 14.9. The summed E-state index contributed by atoms with van der Waals surface area (Å²) in [7, 11) is -5.02. The number of hydrogen-bond acceptors (Lipinski definition) is 7. The summed E-state index contributed by atoms with van der Waals surface area (Å²) in [6.45, 7) is 6.96. The van der Waals surface area contributed by atoms with Crippen molar-refractivity contribution in [1.82, 2.24) is 18.8 Å². The van der Waals surface area contributed by atoms with Gasteiger partial charge in [-0.2, -0.15) is 4.31 Å². The van der Waals surface area contributed by atoms with Crippen LogP contribution in [0.5, 0.6) is 0 Å². The number of carbonyl (C=O) groups excluding carboxylic acids is 1. The van der Waals surface area contributed by atoms with Crippen LogP contribution in [0.1, 0.15) is 27.2 Å². The fourth-order valence-electron chi connectivity index (χ4n) is 3.89. The zero-order chi connectivity index (χ0) is 23.7. The first kappa shape index (κ1) is 25.0. The molecule has 3 rings (SSSR count). The highest BCUT2D eigenvalue weighted by Crippen LogP contribution is 2.28. The Balaban J connectivity index is 1.81. The van der Waals surface area contributed by atoms with Gasteiger partial charge < -0.3 is 9.47 Å². The average Bonchev–Trinajstić information content (AvgIpc) is 3.30. The van der Waals surface area contributed by atoms with Gasteiger partial charge in [0.05, 0.1) is 33.2 Å². The quantitative estimate of drug-likeness (QED) is 0.481. The molecule has 1 aliphatic heterocycles. The lowest BCUT2D eigenvalue weighted by atomic mass is 10.2. The molecule has 1 aromatic carbocycles. The second-order valence-corrected chi connectivity index (χ2v) is 12.8. The van der Waals surface area contributed by atoms with Gasteiger partial charge in [-0.15, -0.1) is 0 Å². The Morgan fingerprint density at radius 3 is 2.50 bits per heavy atom. The summed E-state index contributed by atoms with van der Waals surface area (Å²) in [5.74, 6) is 0.0990. The second-order valence-electron chi connectivity index (χ2n) is 7.73. The van der Waals surface area contributed by atoms with Gasteiger partial charge in [0.15, 0.2) is 15.0 Å². The minimum Gasteiger partial charge on any atom is -0.341 e. The second kappa shape index (κ2) is 9.70. The van der Waals surface area contributed by atoms with Crippen LogP contribution in [0.2, 0.25) is 0 Å². The number of aromatic nitrogens is 2. The number of hydrogen-bond donors (Lipinski definition) is 0. The van der Waals surface area contributed by atoms with Crippen LogP contribution in [0, 0.1) is 0 Å². The van der Waals surface area contributed by atoms with Crippen molar-refractivity contribution in [3.05, 3.63) is 18.2 Å². The van der Waals surface area contributed by atoms with E-state index in [-0.39, 0.29) is 34.1 Å². The van der Waals surface area contributed by atoms with Crippen LogP contribution in [0.15, 0.2) is 28.3 Å². The van der Waals surface area contributed by atoms with E-state index in [1.165, 1.54) is 21.0 Å². The number of aryl methyl sites for hydroxylation is 1. The molecular formula is C20H30N4O5S3. The lowest BCUT2D eigenvalue weighted by Crippen LogP contribution is -2.38. The minimum atomic E-state index is -3.59. The fourth-order valence-corrected chi connectivity index (χ4v) is 8.14. The van der Waals surface area contributed by atoms with Crippen LogP contribution >= 0.6 is 11.8 Å². The summed E-state index contributed by atoms with van der Waals surface area (Å²) < 4.78 is 52.5. The molecule has 12 heteroatoms. The van der Waals surface area contributed by atoms with Gasteiger partial charge in [0, 0.05) is 32.7 Å². The van der Waals surface area contributed by atoms with Crippen molar-refractivity contribution in [2.24, 2.45) is 0 Å². The summed E-state index contributed by atoms with van der Waals surface area (Å²) in [5.41, 5.74) is 1.36. The number of sulfone groups is 1. The van der Waals surface area contributed by atoms with Gasteiger partial charge in [-0.25, -0.2) is 21.8 Å². The van der Waals surface area contributed by atoms with Crippen LogP contribution in [0.25, 0.3) is 11.0 Å². The summed E-state index contributed by atoms with van der Waals surface area (Å²) in [6.07, 6.45) is 0.465. The van der Waals surface area contributed by atoms with Crippen molar-refractivity contribution in [2.75, 3.05) is 37.4 Å². The van der Waals surface area contributed by atoms with Crippen LogP contribution in [0.4, 0.5) is 0 Å². The summed E-state index contributed by atoms with van der Waals surface area (Å²) >= 11 is 1.27. The predicted octanol–water partition coefficient (Wildman–Crippen LogP) is 1.82. The predicted molar refractivity (Wildman–Crippen MR) is 126 cm³/mol. The molecule has 1 aliphatic rings. The van der Waals surface area contributed by atoms with Gasteiger partial charge in [-0.3, -0.25) is 4.79 Å². The van der Waals surface area contributed by atoms with Crippen molar-refractivity contribution < 1.29 is 21.6 Å². The van der Waals surface area contributed by atoms with E-state index in [2.05, 4.69) is 4.98 Å². The molecule has 1 atom stereocenters. The fraction of sp³-hybridized carbons (Fsp3) is 0.600. The maximum Gasteiger partial charge on any atom is 0.243 e. The number of benzene rings is 1. The third-order valence-corrected chi connectivity index (χ3v) is 10.6. The van der Waals surface area contributed by atoms with Gasteiger partial charge in [-0.05, 0) is 31.5 Å². The van der Waals surface area contributed by atoms with Gasteiger partial charge in [0.1, 0.15) is 0 Å². The lowest BCUT2D eigenvalue weighted by molar-refractivity contribution is -0.128. The van der Waals surface area contributed by atoms with Crippen molar-refractivity contribution in [2.45, 2.75) is 49.8 Å². The number of nitrogens with zero attached hydrogens (tertiary/aromatic N) is 4. The molecule has 1 aromatic heterocycles. The van der Waals surface area contributed by atoms with E-state index in [9.17, 15) is 21.6 Å². The SMILES string of the molecule is CCN(CC)S(=O)(=O)c1ccc2c(c1)nc(SCC(=O)N(C)[C@H]1CCS(=O)(=O)C1)n2CC. The number of rotatable bonds is 9. The Hall–Kier alpha value is -1.63. The van der Waals surface area contributed by atoms with Crippen molar-refractivity contribution in [3.63, 3.8) is 0 Å². The highest BCUT2D eigenvalue weighted by atomic mass is 32.2. The molecule has 0 N–H and O–H groups in total. The molecule has 1 fully saturated rings. The normalized spacial score (nSPS) is 18.5. The van der Waals surface area contributed by atoms with Crippen molar-refractivity contribution in [1.29, 1.82) is 0 Å². The molecule has 0 unspecified atom stereocenters. The summed E-state index contributed by atoms with van der Waals surface area (Å²) in [4.78, 5) is 19.0. The number of fused-ring (bicyclic) bond motifs is 1. The highest BCUT2D eigenvalue weighted by Gasteiger charge is 2.32. The zero-order valence-electron chi connectivity index (χ0n) is 18.8. The Kier molecular flexibility index (Phi) is 7.58. The molecule has 0 aliphatic carbocycles. The number of imidazole rings is 1. The first-order chi connectivity index (χ1) is 15.0. The number of carbonyl (C=O) groups is 1. The van der Waals surface area contributed by atoms with E-state index < -0.39 is 19.9 Å². The largest absolute Gasteiger partial charge is 0.341 e. The summed E-state index contributed by atoms with van der Waals surface area (Å²) in [6, 6.07) is 4.64. The highest BCUT2D eigenvalue weighted by molar-refractivity contribution is 7.99. The van der Waals surface area contributed by atoms with Gasteiger partial charge in [0.25, 0.3) is 0 Å². The van der Waals surface area contributed by atoms with Gasteiger partial charge in [0.2, 0.25) is 15.9 Å². The molecule has 0 radical (unpaired) electrons. The van der Waals surface area contributed by atoms with Gasteiger partial charge >= 0.3 is 0 Å². The average molecular weight is 503 g/mol. The van der Waals surface area contributed by atoms with Crippen molar-refractivity contribution >= 4 is 48.6 Å². The standard InChI is InChI=1S/C20H30N4O5S3/c1-5-23(6-2)32(28,29)16-8-9-18-17(12-16)21-20(24(18)7-3)30-13-19(25)22(4)15-10-11-31(26,27)14-15/h8-9,12,15H,5-7,10-11,13-14H2,1-4H3/t15-/m0/s1. The molecule has 2 heterocycles. The molecule has 9 nitrogen and oxygen atoms in total. The number of sulfonamides is 1. The number of amides is 1. The zero-order valence-corrected chi connectivity index (χ0v) is 21.3. The monoisotopic (exact) mass is 502 g/mol. The topological polar surface area (TPSA) is 110 Å². The lowest BCUT2D eigenvalue weighted by Gasteiger charge is -2.23. The summed E-state index contributed by atoms with van der Waals surface area (Å²) in [5, 5.41) is 0.626.